The van der Waals surface area contributed by atoms with E-state index in [0.29, 0.717) is 25.8 Å². The Morgan fingerprint density at radius 2 is 1.83 bits per heavy atom. The predicted molar refractivity (Wildman–Crippen MR) is 91.5 cm³/mol. The van der Waals surface area contributed by atoms with E-state index < -0.39 is 17.4 Å². The van der Waals surface area contributed by atoms with Gasteiger partial charge in [0.1, 0.15) is 5.54 Å². The maximum atomic E-state index is 12.2. The molecule has 0 aliphatic carbocycles. The maximum absolute atomic E-state index is 12.2. The second-order valence-corrected chi connectivity index (χ2v) is 6.11. The first-order valence-corrected chi connectivity index (χ1v) is 8.12. The van der Waals surface area contributed by atoms with Gasteiger partial charge >= 0.3 is 5.97 Å². The summed E-state index contributed by atoms with van der Waals surface area (Å²) in [5.74, 6) is -1.75. The van der Waals surface area contributed by atoms with Gasteiger partial charge in [0, 0.05) is 13.5 Å². The summed E-state index contributed by atoms with van der Waals surface area (Å²) >= 11 is 0. The van der Waals surface area contributed by atoms with Crippen LogP contribution < -0.4 is 5.32 Å². The summed E-state index contributed by atoms with van der Waals surface area (Å²) in [5, 5.41) is 11.9. The fourth-order valence-electron chi connectivity index (χ4n) is 2.50. The van der Waals surface area contributed by atoms with Crippen molar-refractivity contribution in [3.05, 3.63) is 35.9 Å². The van der Waals surface area contributed by atoms with Crippen molar-refractivity contribution in [2.24, 2.45) is 0 Å². The Morgan fingerprint density at radius 1 is 1.21 bits per heavy atom. The van der Waals surface area contributed by atoms with Gasteiger partial charge in [-0.25, -0.2) is 4.79 Å². The smallest absolute Gasteiger partial charge is 0.329 e. The first kappa shape index (κ1) is 19.7. The Bertz CT molecular complexity index is 574. The number of nitrogens with one attached hydrogen (secondary N) is 1. The summed E-state index contributed by atoms with van der Waals surface area (Å²) in [4.78, 5) is 36.8. The number of nitrogens with zero attached hydrogens (tertiary/aromatic N) is 1. The van der Waals surface area contributed by atoms with Gasteiger partial charge in [-0.1, -0.05) is 43.7 Å². The lowest BCUT2D eigenvalue weighted by Gasteiger charge is -2.28. The Labute approximate surface area is 142 Å². The highest BCUT2D eigenvalue weighted by molar-refractivity contribution is 5.89. The van der Waals surface area contributed by atoms with E-state index in [1.165, 1.54) is 18.7 Å². The quantitative estimate of drug-likeness (QED) is 0.721. The van der Waals surface area contributed by atoms with Crippen molar-refractivity contribution in [2.45, 2.75) is 45.6 Å². The average molecular weight is 334 g/mol. The number of carbonyl (C=O) groups is 3. The summed E-state index contributed by atoms with van der Waals surface area (Å²) in [7, 11) is 0. The van der Waals surface area contributed by atoms with Crippen molar-refractivity contribution in [3.63, 3.8) is 0 Å². The van der Waals surface area contributed by atoms with E-state index in [4.69, 9.17) is 0 Å². The van der Waals surface area contributed by atoms with Crippen LogP contribution in [-0.4, -0.2) is 46.4 Å². The molecule has 6 nitrogen and oxygen atoms in total. The number of aliphatic carboxylic acids is 1. The van der Waals surface area contributed by atoms with Gasteiger partial charge in [-0.05, 0) is 25.3 Å². The van der Waals surface area contributed by atoms with E-state index in [9.17, 15) is 19.5 Å². The molecule has 0 aliphatic rings. The molecule has 0 heterocycles. The van der Waals surface area contributed by atoms with E-state index in [1.807, 2.05) is 37.3 Å². The minimum absolute atomic E-state index is 0.144. The molecular formula is C18H26N2O4. The number of carboxylic acid groups (broad SMARTS) is 1. The Hall–Kier alpha value is -2.37. The summed E-state index contributed by atoms with van der Waals surface area (Å²) in [6.45, 7) is 5.01. The molecule has 0 saturated carbocycles. The molecular weight excluding hydrogens is 308 g/mol. The van der Waals surface area contributed by atoms with Crippen molar-refractivity contribution in [2.75, 3.05) is 13.1 Å². The monoisotopic (exact) mass is 334 g/mol. The molecule has 132 valence electrons. The van der Waals surface area contributed by atoms with Crippen LogP contribution in [0.1, 0.15) is 39.2 Å². The van der Waals surface area contributed by atoms with E-state index in [1.54, 1.807) is 0 Å². The number of benzene rings is 1. The van der Waals surface area contributed by atoms with Crippen LogP contribution in [0.4, 0.5) is 0 Å². The number of hydrogen-bond donors (Lipinski definition) is 2. The Kier molecular flexibility index (Phi) is 7.42. The topological polar surface area (TPSA) is 86.7 Å². The molecule has 2 N–H and O–H groups in total. The Morgan fingerprint density at radius 3 is 2.33 bits per heavy atom. The third-order valence-corrected chi connectivity index (χ3v) is 3.93. The van der Waals surface area contributed by atoms with Crippen LogP contribution in [0.25, 0.3) is 0 Å². The molecule has 1 unspecified atom stereocenters. The normalized spacial score (nSPS) is 13.0. The summed E-state index contributed by atoms with van der Waals surface area (Å²) in [6.07, 6.45) is 1.60. The van der Waals surface area contributed by atoms with E-state index in [-0.39, 0.29) is 12.5 Å². The van der Waals surface area contributed by atoms with Crippen LogP contribution in [0, 0.1) is 0 Å². The van der Waals surface area contributed by atoms with E-state index in [2.05, 4.69) is 5.32 Å². The molecule has 0 fully saturated rings. The van der Waals surface area contributed by atoms with Gasteiger partial charge in [-0.2, -0.15) is 0 Å². The molecule has 0 saturated heterocycles. The van der Waals surface area contributed by atoms with Gasteiger partial charge in [0.25, 0.3) is 0 Å². The van der Waals surface area contributed by atoms with Gasteiger partial charge in [0.05, 0.1) is 6.54 Å². The van der Waals surface area contributed by atoms with Crippen LogP contribution in [0.3, 0.4) is 0 Å². The molecule has 1 aromatic rings. The molecule has 24 heavy (non-hydrogen) atoms. The van der Waals surface area contributed by atoms with Crippen LogP contribution in [0.15, 0.2) is 30.3 Å². The summed E-state index contributed by atoms with van der Waals surface area (Å²) < 4.78 is 0. The van der Waals surface area contributed by atoms with Crippen LogP contribution in [-0.2, 0) is 20.8 Å². The summed E-state index contributed by atoms with van der Waals surface area (Å²) in [5.41, 5.74) is -0.237. The first-order valence-electron chi connectivity index (χ1n) is 8.12. The van der Waals surface area contributed by atoms with E-state index >= 15 is 0 Å². The highest BCUT2D eigenvalue weighted by Crippen LogP contribution is 2.12. The highest BCUT2D eigenvalue weighted by Gasteiger charge is 2.34. The fourth-order valence-corrected chi connectivity index (χ4v) is 2.50. The van der Waals surface area contributed by atoms with E-state index in [0.717, 1.165) is 5.56 Å². The first-order chi connectivity index (χ1) is 11.3. The predicted octanol–water partition coefficient (Wildman–Crippen LogP) is 1.84. The zero-order valence-corrected chi connectivity index (χ0v) is 14.5. The van der Waals surface area contributed by atoms with Crippen LogP contribution in [0.5, 0.6) is 0 Å². The van der Waals surface area contributed by atoms with Gasteiger partial charge in [0.2, 0.25) is 11.8 Å². The SMILES string of the molecule is CCCC(C)(NC(=O)CN(CCc1ccccc1)C(C)=O)C(=O)O. The van der Waals surface area contributed by atoms with Crippen molar-refractivity contribution >= 4 is 17.8 Å². The summed E-state index contributed by atoms with van der Waals surface area (Å²) in [6, 6.07) is 9.68. The molecule has 0 aromatic heterocycles. The zero-order valence-electron chi connectivity index (χ0n) is 14.5. The van der Waals surface area contributed by atoms with Gasteiger partial charge in [-0.3, -0.25) is 9.59 Å². The minimum Gasteiger partial charge on any atom is -0.480 e. The lowest BCUT2D eigenvalue weighted by molar-refractivity contribution is -0.147. The maximum Gasteiger partial charge on any atom is 0.329 e. The number of rotatable bonds is 9. The lowest BCUT2D eigenvalue weighted by atomic mass is 9.96. The second kappa shape index (κ2) is 9.05. The van der Waals surface area contributed by atoms with Crippen LogP contribution in [0.2, 0.25) is 0 Å². The largest absolute Gasteiger partial charge is 0.480 e. The van der Waals surface area contributed by atoms with Crippen molar-refractivity contribution < 1.29 is 19.5 Å². The molecule has 0 radical (unpaired) electrons. The third kappa shape index (κ3) is 6.02. The zero-order chi connectivity index (χ0) is 18.2. The third-order valence-electron chi connectivity index (χ3n) is 3.93. The molecule has 1 aromatic carbocycles. The van der Waals surface area contributed by atoms with Gasteiger partial charge < -0.3 is 15.3 Å². The molecule has 0 bridgehead atoms. The minimum atomic E-state index is -1.31. The standard InChI is InChI=1S/C18H26N2O4/c1-4-11-18(3,17(23)24)19-16(22)13-20(14(2)21)12-10-15-8-6-5-7-9-15/h5-9H,4,10-13H2,1-3H3,(H,19,22)(H,23,24). The van der Waals surface area contributed by atoms with Gasteiger partial charge in [-0.15, -0.1) is 0 Å². The lowest BCUT2D eigenvalue weighted by Crippen LogP contribution is -2.54. The van der Waals surface area contributed by atoms with Crippen molar-refractivity contribution in [1.82, 2.24) is 10.2 Å². The molecule has 1 rings (SSSR count). The molecule has 1 atom stereocenters. The second-order valence-electron chi connectivity index (χ2n) is 6.11. The number of hydrogen-bond acceptors (Lipinski definition) is 3. The number of carboxylic acids is 1. The van der Waals surface area contributed by atoms with Crippen molar-refractivity contribution in [3.8, 4) is 0 Å². The fraction of sp³-hybridized carbons (Fsp3) is 0.500. The molecule has 2 amide bonds. The Balaban J connectivity index is 2.65. The number of carbonyl (C=O) groups excluding carboxylic acids is 2. The number of amides is 2. The molecule has 6 heteroatoms. The molecule has 0 aliphatic heterocycles. The van der Waals surface area contributed by atoms with Gasteiger partial charge in [0.15, 0.2) is 0 Å². The van der Waals surface area contributed by atoms with Crippen molar-refractivity contribution in [1.29, 1.82) is 0 Å². The average Bonchev–Trinajstić information content (AvgIpc) is 2.52. The molecule has 0 spiro atoms. The highest BCUT2D eigenvalue weighted by atomic mass is 16.4. The van der Waals surface area contributed by atoms with Crippen LogP contribution >= 0.6 is 0 Å².